The van der Waals surface area contributed by atoms with E-state index in [2.05, 4.69) is 35.8 Å². The standard InChI is InChI=1S/C21H19FN2S/c1-14-6-12-17(13-7-14)24-19-5-3-2-4-18(19)21(25)23-20(24)15-8-10-16(22)11-9-15/h6-13H,2-5H2,1H3. The van der Waals surface area contributed by atoms with E-state index in [1.807, 2.05) is 0 Å². The minimum atomic E-state index is -0.248. The fraction of sp³-hybridized carbons (Fsp3) is 0.238. The third-order valence-electron chi connectivity index (χ3n) is 4.78. The monoisotopic (exact) mass is 350 g/mol. The van der Waals surface area contributed by atoms with Gasteiger partial charge < -0.3 is 0 Å². The number of benzene rings is 2. The summed E-state index contributed by atoms with van der Waals surface area (Å²) in [6.45, 7) is 2.08. The van der Waals surface area contributed by atoms with Gasteiger partial charge in [0.05, 0.1) is 0 Å². The Hall–Kier alpha value is -2.33. The van der Waals surface area contributed by atoms with E-state index in [9.17, 15) is 4.39 Å². The summed E-state index contributed by atoms with van der Waals surface area (Å²) in [4.78, 5) is 4.74. The lowest BCUT2D eigenvalue weighted by Crippen LogP contribution is -2.17. The molecule has 1 heterocycles. The normalized spacial score (nSPS) is 13.5. The molecule has 0 fully saturated rings. The first kappa shape index (κ1) is 16.2. The Morgan fingerprint density at radius 1 is 0.960 bits per heavy atom. The second-order valence-electron chi connectivity index (χ2n) is 6.55. The van der Waals surface area contributed by atoms with E-state index in [0.717, 1.165) is 42.8 Å². The van der Waals surface area contributed by atoms with Crippen molar-refractivity contribution in [1.82, 2.24) is 9.55 Å². The minimum absolute atomic E-state index is 0.248. The van der Waals surface area contributed by atoms with Crippen LogP contribution in [0.25, 0.3) is 17.1 Å². The van der Waals surface area contributed by atoms with Crippen molar-refractivity contribution in [3.63, 3.8) is 0 Å². The molecule has 3 aromatic rings. The van der Waals surface area contributed by atoms with Gasteiger partial charge in [-0.15, -0.1) is 0 Å². The van der Waals surface area contributed by atoms with Crippen molar-refractivity contribution in [1.29, 1.82) is 0 Å². The van der Waals surface area contributed by atoms with Crippen molar-refractivity contribution in [2.24, 2.45) is 0 Å². The second-order valence-corrected chi connectivity index (χ2v) is 6.94. The molecule has 1 aliphatic carbocycles. The molecule has 126 valence electrons. The Labute approximate surface area is 152 Å². The van der Waals surface area contributed by atoms with Crippen molar-refractivity contribution < 1.29 is 4.39 Å². The second kappa shape index (κ2) is 6.52. The van der Waals surface area contributed by atoms with Gasteiger partial charge in [-0.05, 0) is 69.0 Å². The third kappa shape index (κ3) is 3.02. The van der Waals surface area contributed by atoms with Crippen LogP contribution in [0.5, 0.6) is 0 Å². The molecule has 0 amide bonds. The number of rotatable bonds is 2. The molecule has 1 aliphatic rings. The molecule has 2 nitrogen and oxygen atoms in total. The smallest absolute Gasteiger partial charge is 0.146 e. The summed E-state index contributed by atoms with van der Waals surface area (Å²) in [5.41, 5.74) is 5.60. The van der Waals surface area contributed by atoms with Crippen LogP contribution in [0.1, 0.15) is 29.7 Å². The molecule has 2 aromatic carbocycles. The van der Waals surface area contributed by atoms with Gasteiger partial charge in [-0.1, -0.05) is 29.9 Å². The summed E-state index contributed by atoms with van der Waals surface area (Å²) >= 11 is 5.58. The minimum Gasteiger partial charge on any atom is -0.298 e. The lowest BCUT2D eigenvalue weighted by atomic mass is 9.96. The van der Waals surface area contributed by atoms with E-state index in [-0.39, 0.29) is 5.82 Å². The van der Waals surface area contributed by atoms with Crippen LogP contribution in [0.2, 0.25) is 0 Å². The van der Waals surface area contributed by atoms with Crippen molar-refractivity contribution >= 4 is 12.2 Å². The highest BCUT2D eigenvalue weighted by Gasteiger charge is 2.20. The van der Waals surface area contributed by atoms with E-state index < -0.39 is 0 Å². The van der Waals surface area contributed by atoms with E-state index in [1.165, 1.54) is 29.0 Å². The molecular formula is C21H19FN2S. The van der Waals surface area contributed by atoms with E-state index in [0.29, 0.717) is 4.64 Å². The molecule has 0 saturated heterocycles. The quantitative estimate of drug-likeness (QED) is 0.560. The average Bonchev–Trinajstić information content (AvgIpc) is 2.63. The number of hydrogen-bond acceptors (Lipinski definition) is 2. The van der Waals surface area contributed by atoms with Gasteiger partial charge in [0.2, 0.25) is 0 Å². The maximum absolute atomic E-state index is 13.4. The van der Waals surface area contributed by atoms with Crippen LogP contribution in [0.4, 0.5) is 4.39 Å². The van der Waals surface area contributed by atoms with Crippen LogP contribution < -0.4 is 0 Å². The Balaban J connectivity index is 2.02. The lowest BCUT2D eigenvalue weighted by Gasteiger charge is -2.24. The fourth-order valence-electron chi connectivity index (χ4n) is 3.47. The highest BCUT2D eigenvalue weighted by Crippen LogP contribution is 2.30. The van der Waals surface area contributed by atoms with E-state index in [4.69, 9.17) is 17.2 Å². The first-order chi connectivity index (χ1) is 12.1. The van der Waals surface area contributed by atoms with Crippen LogP contribution in [0.15, 0.2) is 48.5 Å². The molecule has 0 saturated carbocycles. The number of nitrogens with zero attached hydrogens (tertiary/aromatic N) is 2. The maximum atomic E-state index is 13.4. The zero-order valence-electron chi connectivity index (χ0n) is 14.1. The van der Waals surface area contributed by atoms with Gasteiger partial charge in [0.25, 0.3) is 0 Å². The molecule has 4 heteroatoms. The number of aryl methyl sites for hydroxylation is 1. The number of halogens is 1. The summed E-state index contributed by atoms with van der Waals surface area (Å²) in [5, 5.41) is 0. The van der Waals surface area contributed by atoms with Gasteiger partial charge in [0.1, 0.15) is 16.3 Å². The van der Waals surface area contributed by atoms with Crippen LogP contribution in [-0.4, -0.2) is 9.55 Å². The molecule has 0 atom stereocenters. The van der Waals surface area contributed by atoms with Crippen LogP contribution in [0, 0.1) is 17.4 Å². The molecule has 0 unspecified atom stereocenters. The van der Waals surface area contributed by atoms with Gasteiger partial charge >= 0.3 is 0 Å². The van der Waals surface area contributed by atoms with Crippen LogP contribution >= 0.6 is 12.2 Å². The summed E-state index contributed by atoms with van der Waals surface area (Å²) in [6, 6.07) is 14.9. The molecule has 4 rings (SSSR count). The molecule has 0 spiro atoms. The van der Waals surface area contributed by atoms with E-state index >= 15 is 0 Å². The number of aromatic nitrogens is 2. The van der Waals surface area contributed by atoms with Crippen molar-refractivity contribution in [2.45, 2.75) is 32.6 Å². The predicted molar refractivity (Wildman–Crippen MR) is 101 cm³/mol. The molecule has 1 aromatic heterocycles. The topological polar surface area (TPSA) is 17.8 Å². The van der Waals surface area contributed by atoms with Crippen LogP contribution in [-0.2, 0) is 12.8 Å². The number of hydrogen-bond donors (Lipinski definition) is 0. The van der Waals surface area contributed by atoms with Gasteiger partial charge in [0, 0.05) is 22.5 Å². The maximum Gasteiger partial charge on any atom is 0.146 e. The summed E-state index contributed by atoms with van der Waals surface area (Å²) in [7, 11) is 0. The zero-order chi connectivity index (χ0) is 17.4. The Bertz CT molecular complexity index is 973. The summed E-state index contributed by atoms with van der Waals surface area (Å²) in [5.74, 6) is 0.539. The third-order valence-corrected chi connectivity index (χ3v) is 5.12. The SMILES string of the molecule is Cc1ccc(-n2c(-c3ccc(F)cc3)nc(=S)c3c2CCCC3)cc1. The van der Waals surface area contributed by atoms with Gasteiger partial charge in [-0.3, -0.25) is 4.57 Å². The lowest BCUT2D eigenvalue weighted by molar-refractivity contribution is 0.627. The van der Waals surface area contributed by atoms with Crippen molar-refractivity contribution in [3.05, 3.63) is 75.8 Å². The summed E-state index contributed by atoms with van der Waals surface area (Å²) < 4.78 is 16.3. The van der Waals surface area contributed by atoms with E-state index in [1.54, 1.807) is 12.1 Å². The number of fused-ring (bicyclic) bond motifs is 1. The molecule has 25 heavy (non-hydrogen) atoms. The van der Waals surface area contributed by atoms with Crippen molar-refractivity contribution in [3.8, 4) is 17.1 Å². The Morgan fingerprint density at radius 2 is 1.64 bits per heavy atom. The van der Waals surface area contributed by atoms with Crippen LogP contribution in [0.3, 0.4) is 0 Å². The highest BCUT2D eigenvalue weighted by molar-refractivity contribution is 7.71. The van der Waals surface area contributed by atoms with Gasteiger partial charge in [-0.25, -0.2) is 9.37 Å². The largest absolute Gasteiger partial charge is 0.298 e. The van der Waals surface area contributed by atoms with Gasteiger partial charge in [-0.2, -0.15) is 0 Å². The molecule has 0 radical (unpaired) electrons. The first-order valence-electron chi connectivity index (χ1n) is 8.61. The van der Waals surface area contributed by atoms with Crippen molar-refractivity contribution in [2.75, 3.05) is 0 Å². The predicted octanol–water partition coefficient (Wildman–Crippen LogP) is 5.60. The first-order valence-corrected chi connectivity index (χ1v) is 9.02. The fourth-order valence-corrected chi connectivity index (χ4v) is 3.78. The molecule has 0 N–H and O–H groups in total. The zero-order valence-corrected chi connectivity index (χ0v) is 14.9. The Kier molecular flexibility index (Phi) is 4.22. The molecular weight excluding hydrogens is 331 g/mol. The molecule has 0 bridgehead atoms. The van der Waals surface area contributed by atoms with Gasteiger partial charge in [0.15, 0.2) is 0 Å². The average molecular weight is 350 g/mol. The highest BCUT2D eigenvalue weighted by atomic mass is 32.1. The Morgan fingerprint density at radius 3 is 2.36 bits per heavy atom. The molecule has 0 aliphatic heterocycles. The summed E-state index contributed by atoms with van der Waals surface area (Å²) in [6.07, 6.45) is 4.28.